The van der Waals surface area contributed by atoms with Gasteiger partial charge in [0.15, 0.2) is 4.84 Å². The van der Waals surface area contributed by atoms with Crippen LogP contribution in [0.1, 0.15) is 25.3 Å². The second-order valence-corrected chi connectivity index (χ2v) is 8.03. The molecule has 1 unspecified atom stereocenters. The van der Waals surface area contributed by atoms with Crippen molar-refractivity contribution in [2.24, 2.45) is 11.8 Å². The molecule has 1 aromatic rings. The molecule has 1 saturated heterocycles. The van der Waals surface area contributed by atoms with Gasteiger partial charge in [0.2, 0.25) is 0 Å². The summed E-state index contributed by atoms with van der Waals surface area (Å²) in [7, 11) is 0. The first kappa shape index (κ1) is 16.9. The second kappa shape index (κ2) is 6.16. The number of nitrogens with zero attached hydrogens (tertiary/aromatic N) is 2. The monoisotopic (exact) mass is 370 g/mol. The third-order valence-corrected chi connectivity index (χ3v) is 6.34. The minimum atomic E-state index is -1.12. The Morgan fingerprint density at radius 1 is 1.35 bits per heavy atom. The average Bonchev–Trinajstić information content (AvgIpc) is 2.81. The summed E-state index contributed by atoms with van der Waals surface area (Å²) in [5.74, 6) is -0.592. The lowest BCUT2D eigenvalue weighted by molar-refractivity contribution is -0.136. The predicted molar refractivity (Wildman–Crippen MR) is 91.4 cm³/mol. The summed E-state index contributed by atoms with van der Waals surface area (Å²) < 4.78 is 0. The molecule has 1 amide bonds. The van der Waals surface area contributed by atoms with E-state index in [0.29, 0.717) is 6.42 Å². The van der Waals surface area contributed by atoms with Gasteiger partial charge in [0, 0.05) is 12.0 Å². The molecule has 1 aromatic carbocycles. The quantitative estimate of drug-likeness (QED) is 0.735. The fraction of sp³-hybridized carbons (Fsp3) is 0.529. The third kappa shape index (κ3) is 2.52. The zero-order chi connectivity index (χ0) is 16.8. The molecule has 1 heterocycles. The highest BCUT2D eigenvalue weighted by atomic mass is 35.5. The van der Waals surface area contributed by atoms with Gasteiger partial charge >= 0.3 is 0 Å². The van der Waals surface area contributed by atoms with E-state index in [-0.39, 0.29) is 29.2 Å². The topological polar surface area (TPSA) is 44.1 Å². The number of amides is 1. The molecule has 23 heavy (non-hydrogen) atoms. The lowest BCUT2D eigenvalue weighted by Crippen LogP contribution is -2.50. The van der Waals surface area contributed by atoms with Crippen LogP contribution < -0.4 is 0 Å². The summed E-state index contributed by atoms with van der Waals surface area (Å²) in [5.41, 5.74) is 0.391. The van der Waals surface area contributed by atoms with E-state index in [9.17, 15) is 10.1 Å². The molecule has 1 aliphatic heterocycles. The molecule has 3 nitrogen and oxygen atoms in total. The maximum atomic E-state index is 12.7. The van der Waals surface area contributed by atoms with Crippen LogP contribution in [-0.2, 0) is 10.3 Å². The zero-order valence-electron chi connectivity index (χ0n) is 12.6. The number of rotatable bonds is 2. The van der Waals surface area contributed by atoms with Crippen LogP contribution in [0, 0.1) is 23.2 Å². The lowest BCUT2D eigenvalue weighted by Gasteiger charge is -2.41. The summed E-state index contributed by atoms with van der Waals surface area (Å²) in [6.45, 7) is 2.01. The molecule has 3 rings (SSSR count). The van der Waals surface area contributed by atoms with E-state index in [1.807, 2.05) is 37.3 Å². The molecule has 0 radical (unpaired) electrons. The minimum Gasteiger partial charge on any atom is -0.328 e. The number of carbonyl (C=O) groups excluding carboxylic acids is 1. The van der Waals surface area contributed by atoms with Gasteiger partial charge in [0.1, 0.15) is 0 Å². The zero-order valence-corrected chi connectivity index (χ0v) is 14.9. The van der Waals surface area contributed by atoms with Crippen molar-refractivity contribution in [2.75, 3.05) is 0 Å². The van der Waals surface area contributed by atoms with Gasteiger partial charge in [0.05, 0.1) is 22.9 Å². The smallest absolute Gasteiger partial charge is 0.256 e. The van der Waals surface area contributed by atoms with Crippen LogP contribution in [0.25, 0.3) is 0 Å². The summed E-state index contributed by atoms with van der Waals surface area (Å²) in [5, 5.41) is 9.11. The van der Waals surface area contributed by atoms with Crippen LogP contribution in [-0.4, -0.2) is 27.1 Å². The SMILES string of the molecule is C[C@@]1(c2ccccc2)[C@@H]2C[C@@H](C[C@@H](C#N)C2Cl)N1C(=O)C(Cl)Cl. The number of likely N-dealkylation sites (tertiary alicyclic amines) is 1. The molecule has 5 atom stereocenters. The summed E-state index contributed by atoms with van der Waals surface area (Å²) in [6, 6.07) is 12.0. The van der Waals surface area contributed by atoms with Gasteiger partial charge in [-0.25, -0.2) is 0 Å². The Labute approximate surface area is 151 Å². The van der Waals surface area contributed by atoms with Crippen LogP contribution in [0.15, 0.2) is 30.3 Å². The Bertz CT molecular complexity index is 645. The van der Waals surface area contributed by atoms with Gasteiger partial charge in [-0.15, -0.1) is 11.6 Å². The van der Waals surface area contributed by atoms with Gasteiger partial charge in [-0.2, -0.15) is 5.26 Å². The Morgan fingerprint density at radius 3 is 2.57 bits per heavy atom. The molecule has 1 saturated carbocycles. The van der Waals surface area contributed by atoms with Gasteiger partial charge in [-0.05, 0) is 25.3 Å². The van der Waals surface area contributed by atoms with Crippen molar-refractivity contribution < 1.29 is 4.79 Å². The molecule has 1 aliphatic carbocycles. The molecular weight excluding hydrogens is 355 g/mol. The first-order chi connectivity index (χ1) is 10.9. The number of hydrogen-bond donors (Lipinski definition) is 0. The van der Waals surface area contributed by atoms with E-state index < -0.39 is 10.4 Å². The number of benzene rings is 1. The van der Waals surface area contributed by atoms with E-state index in [2.05, 4.69) is 6.07 Å². The number of halogens is 3. The fourth-order valence-electron chi connectivity index (χ4n) is 4.30. The van der Waals surface area contributed by atoms with E-state index in [0.717, 1.165) is 12.0 Å². The molecule has 0 aromatic heterocycles. The van der Waals surface area contributed by atoms with E-state index in [1.165, 1.54) is 0 Å². The summed E-state index contributed by atoms with van der Waals surface area (Å²) in [6.07, 6.45) is 1.33. The molecule has 2 bridgehead atoms. The normalized spacial score (nSPS) is 36.1. The van der Waals surface area contributed by atoms with Crippen molar-refractivity contribution in [3.8, 4) is 6.07 Å². The van der Waals surface area contributed by atoms with Crippen LogP contribution in [0.2, 0.25) is 0 Å². The Balaban J connectivity index is 2.13. The van der Waals surface area contributed by atoms with Crippen molar-refractivity contribution in [2.45, 2.75) is 41.6 Å². The largest absolute Gasteiger partial charge is 0.328 e. The number of fused-ring (bicyclic) bond motifs is 2. The highest BCUT2D eigenvalue weighted by molar-refractivity contribution is 6.53. The summed E-state index contributed by atoms with van der Waals surface area (Å²) in [4.78, 5) is 13.4. The number of hydrogen-bond acceptors (Lipinski definition) is 2. The van der Waals surface area contributed by atoms with E-state index in [1.54, 1.807) is 4.90 Å². The molecular formula is C17H17Cl3N2O. The van der Waals surface area contributed by atoms with E-state index >= 15 is 0 Å². The van der Waals surface area contributed by atoms with Crippen LogP contribution in [0.4, 0.5) is 0 Å². The Morgan fingerprint density at radius 2 is 2.00 bits per heavy atom. The molecule has 2 aliphatic rings. The van der Waals surface area contributed by atoms with Crippen LogP contribution in [0.5, 0.6) is 0 Å². The van der Waals surface area contributed by atoms with E-state index in [4.69, 9.17) is 34.8 Å². The van der Waals surface area contributed by atoms with Crippen molar-refractivity contribution in [3.05, 3.63) is 35.9 Å². The standard InChI is InChI=1S/C17H17Cl3N2O/c1-17(11-5-3-2-4-6-11)13-8-12(7-10(9-21)14(13)18)22(17)16(23)15(19)20/h2-6,10,12-15H,7-8H2,1H3/t10-,12+,13+,14?,17+/m0/s1. The molecule has 2 fully saturated rings. The maximum Gasteiger partial charge on any atom is 0.256 e. The first-order valence-electron chi connectivity index (χ1n) is 7.61. The summed E-state index contributed by atoms with van der Waals surface area (Å²) >= 11 is 18.4. The highest BCUT2D eigenvalue weighted by Crippen LogP contribution is 2.55. The van der Waals surface area contributed by atoms with Gasteiger partial charge < -0.3 is 4.90 Å². The predicted octanol–water partition coefficient (Wildman–Crippen LogP) is 4.07. The Hall–Kier alpha value is -0.950. The van der Waals surface area contributed by atoms with Crippen molar-refractivity contribution >= 4 is 40.7 Å². The molecule has 122 valence electrons. The maximum absolute atomic E-state index is 12.7. The minimum absolute atomic E-state index is 0.00833. The number of alkyl halides is 3. The van der Waals surface area contributed by atoms with Crippen molar-refractivity contribution in [1.29, 1.82) is 5.26 Å². The van der Waals surface area contributed by atoms with Gasteiger partial charge in [-0.3, -0.25) is 4.79 Å². The van der Waals surface area contributed by atoms with Crippen LogP contribution in [0.3, 0.4) is 0 Å². The average molecular weight is 372 g/mol. The lowest BCUT2D eigenvalue weighted by atomic mass is 9.72. The third-order valence-electron chi connectivity index (χ3n) is 5.36. The molecule has 6 heteroatoms. The number of carbonyl (C=O) groups is 1. The first-order valence-corrected chi connectivity index (χ1v) is 8.92. The second-order valence-electron chi connectivity index (χ2n) is 6.43. The number of nitriles is 1. The van der Waals surface area contributed by atoms with Gasteiger partial charge in [-0.1, -0.05) is 53.5 Å². The highest BCUT2D eigenvalue weighted by Gasteiger charge is 2.60. The van der Waals surface area contributed by atoms with Gasteiger partial charge in [0.25, 0.3) is 5.91 Å². The van der Waals surface area contributed by atoms with Crippen LogP contribution >= 0.6 is 34.8 Å². The van der Waals surface area contributed by atoms with Crippen molar-refractivity contribution in [3.63, 3.8) is 0 Å². The Kier molecular flexibility index (Phi) is 4.53. The van der Waals surface area contributed by atoms with Crippen molar-refractivity contribution in [1.82, 2.24) is 4.90 Å². The molecule has 0 N–H and O–H groups in total. The fourth-order valence-corrected chi connectivity index (χ4v) is 5.02. The molecule has 0 spiro atoms.